The number of carbonyl (C=O) groups is 1. The second-order valence-corrected chi connectivity index (χ2v) is 3.04. The van der Waals surface area contributed by atoms with E-state index in [-0.39, 0.29) is 0 Å². The Labute approximate surface area is 83.3 Å². The van der Waals surface area contributed by atoms with Crippen molar-refractivity contribution in [2.24, 2.45) is 0 Å². The highest BCUT2D eigenvalue weighted by Crippen LogP contribution is 2.15. The average molecular weight is 194 g/mol. The minimum absolute atomic E-state index is 0.332. The second kappa shape index (κ2) is 4.77. The van der Waals surface area contributed by atoms with Gasteiger partial charge in [-0.25, -0.2) is 4.79 Å². The van der Waals surface area contributed by atoms with Crippen LogP contribution in [0.3, 0.4) is 0 Å². The zero-order chi connectivity index (χ0) is 10.6. The number of benzene rings is 1. The van der Waals surface area contributed by atoms with E-state index in [1.165, 1.54) is 0 Å². The van der Waals surface area contributed by atoms with E-state index in [0.29, 0.717) is 18.8 Å². The van der Waals surface area contributed by atoms with Gasteiger partial charge in [-0.05, 0) is 31.0 Å². The van der Waals surface area contributed by atoms with Crippen LogP contribution in [-0.4, -0.2) is 17.7 Å². The van der Waals surface area contributed by atoms with Crippen molar-refractivity contribution in [3.05, 3.63) is 34.9 Å². The molecule has 0 spiro atoms. The maximum Gasteiger partial charge on any atom is 0.336 e. The van der Waals surface area contributed by atoms with Crippen molar-refractivity contribution >= 4 is 5.97 Å². The van der Waals surface area contributed by atoms with E-state index in [2.05, 4.69) is 0 Å². The quantitative estimate of drug-likeness (QED) is 0.799. The molecule has 14 heavy (non-hydrogen) atoms. The molecule has 0 saturated heterocycles. The molecule has 0 bridgehead atoms. The Balaban J connectivity index is 3.02. The monoisotopic (exact) mass is 194 g/mol. The van der Waals surface area contributed by atoms with Gasteiger partial charge in [0.05, 0.1) is 12.2 Å². The predicted molar refractivity (Wildman–Crippen MR) is 53.5 cm³/mol. The summed E-state index contributed by atoms with van der Waals surface area (Å²) < 4.78 is 5.23. The normalized spacial score (nSPS) is 10.1. The van der Waals surface area contributed by atoms with Gasteiger partial charge in [-0.15, -0.1) is 0 Å². The van der Waals surface area contributed by atoms with Gasteiger partial charge in [0, 0.05) is 6.61 Å². The Hall–Kier alpha value is -1.35. The summed E-state index contributed by atoms with van der Waals surface area (Å²) in [5.41, 5.74) is 2.05. The predicted octanol–water partition coefficient (Wildman–Crippen LogP) is 2.23. The molecule has 3 heteroatoms. The number of hydrogen-bond donors (Lipinski definition) is 1. The zero-order valence-electron chi connectivity index (χ0n) is 8.41. The molecule has 0 heterocycles. The molecule has 0 atom stereocenters. The summed E-state index contributed by atoms with van der Waals surface area (Å²) in [6, 6.07) is 5.23. The van der Waals surface area contributed by atoms with Crippen LogP contribution in [0.25, 0.3) is 0 Å². The van der Waals surface area contributed by atoms with Crippen molar-refractivity contribution in [2.45, 2.75) is 20.5 Å². The van der Waals surface area contributed by atoms with Gasteiger partial charge in [0.15, 0.2) is 0 Å². The lowest BCUT2D eigenvalue weighted by atomic mass is 10.0. The number of carboxylic acid groups (broad SMARTS) is 1. The van der Waals surface area contributed by atoms with Gasteiger partial charge in [-0.3, -0.25) is 0 Å². The number of carboxylic acids is 1. The van der Waals surface area contributed by atoms with Crippen molar-refractivity contribution in [1.82, 2.24) is 0 Å². The minimum atomic E-state index is -0.900. The summed E-state index contributed by atoms with van der Waals surface area (Å²) >= 11 is 0. The summed E-state index contributed by atoms with van der Waals surface area (Å²) in [6.45, 7) is 4.73. The standard InChI is InChI=1S/C11H14O3/c1-3-14-7-10-8(2)5-4-6-9(10)11(12)13/h4-6H,3,7H2,1-2H3,(H,12,13). The number of hydrogen-bond acceptors (Lipinski definition) is 2. The Morgan fingerprint density at radius 3 is 2.79 bits per heavy atom. The van der Waals surface area contributed by atoms with E-state index in [1.54, 1.807) is 12.1 Å². The molecule has 1 rings (SSSR count). The van der Waals surface area contributed by atoms with Crippen LogP contribution in [0, 0.1) is 6.92 Å². The first kappa shape index (κ1) is 10.7. The number of aryl methyl sites for hydroxylation is 1. The molecule has 0 amide bonds. The Morgan fingerprint density at radius 2 is 2.21 bits per heavy atom. The maximum atomic E-state index is 10.9. The summed E-state index contributed by atoms with van der Waals surface area (Å²) in [6.07, 6.45) is 0. The van der Waals surface area contributed by atoms with Crippen LogP contribution in [0.15, 0.2) is 18.2 Å². The molecule has 0 aliphatic heterocycles. The molecule has 0 aliphatic rings. The number of ether oxygens (including phenoxy) is 1. The van der Waals surface area contributed by atoms with Crippen molar-refractivity contribution in [3.8, 4) is 0 Å². The van der Waals surface area contributed by atoms with Crippen LogP contribution in [0.2, 0.25) is 0 Å². The molecule has 0 aliphatic carbocycles. The maximum absolute atomic E-state index is 10.9. The molecule has 0 aromatic heterocycles. The van der Waals surface area contributed by atoms with E-state index in [0.717, 1.165) is 11.1 Å². The first-order valence-electron chi connectivity index (χ1n) is 4.56. The Morgan fingerprint density at radius 1 is 1.50 bits per heavy atom. The molecule has 0 unspecified atom stereocenters. The third-order valence-corrected chi connectivity index (χ3v) is 2.09. The molecule has 1 aromatic rings. The highest BCUT2D eigenvalue weighted by Gasteiger charge is 2.11. The SMILES string of the molecule is CCOCc1c(C)cccc1C(=O)O. The average Bonchev–Trinajstić information content (AvgIpc) is 2.15. The molecular formula is C11H14O3. The molecule has 1 N–H and O–H groups in total. The van der Waals surface area contributed by atoms with Gasteiger partial charge in [0.2, 0.25) is 0 Å². The smallest absolute Gasteiger partial charge is 0.336 e. The third kappa shape index (κ3) is 2.33. The second-order valence-electron chi connectivity index (χ2n) is 3.04. The topological polar surface area (TPSA) is 46.5 Å². The minimum Gasteiger partial charge on any atom is -0.478 e. The van der Waals surface area contributed by atoms with E-state index in [4.69, 9.17) is 9.84 Å². The van der Waals surface area contributed by atoms with Crippen molar-refractivity contribution < 1.29 is 14.6 Å². The van der Waals surface area contributed by atoms with Crippen molar-refractivity contribution in [3.63, 3.8) is 0 Å². The van der Waals surface area contributed by atoms with Crippen LogP contribution < -0.4 is 0 Å². The third-order valence-electron chi connectivity index (χ3n) is 2.09. The fraction of sp³-hybridized carbons (Fsp3) is 0.364. The van der Waals surface area contributed by atoms with Crippen LogP contribution in [-0.2, 0) is 11.3 Å². The van der Waals surface area contributed by atoms with E-state index in [9.17, 15) is 4.79 Å². The summed E-state index contributed by atoms with van der Waals surface area (Å²) in [5.74, 6) is -0.900. The Bertz CT molecular complexity index is 331. The van der Waals surface area contributed by atoms with Crippen LogP contribution in [0.1, 0.15) is 28.4 Å². The van der Waals surface area contributed by atoms with Crippen molar-refractivity contribution in [2.75, 3.05) is 6.61 Å². The summed E-state index contributed by atoms with van der Waals surface area (Å²) in [5, 5.41) is 8.93. The van der Waals surface area contributed by atoms with E-state index in [1.807, 2.05) is 19.9 Å². The van der Waals surface area contributed by atoms with Crippen molar-refractivity contribution in [1.29, 1.82) is 0 Å². The fourth-order valence-electron chi connectivity index (χ4n) is 1.30. The lowest BCUT2D eigenvalue weighted by Gasteiger charge is -2.09. The fourth-order valence-corrected chi connectivity index (χ4v) is 1.30. The molecule has 0 fully saturated rings. The van der Waals surface area contributed by atoms with Gasteiger partial charge in [-0.2, -0.15) is 0 Å². The van der Waals surface area contributed by atoms with Gasteiger partial charge in [0.1, 0.15) is 0 Å². The van der Waals surface area contributed by atoms with Crippen LogP contribution in [0.4, 0.5) is 0 Å². The summed E-state index contributed by atoms with van der Waals surface area (Å²) in [4.78, 5) is 10.9. The van der Waals surface area contributed by atoms with Crippen LogP contribution >= 0.6 is 0 Å². The lowest BCUT2D eigenvalue weighted by Crippen LogP contribution is -2.06. The van der Waals surface area contributed by atoms with Gasteiger partial charge < -0.3 is 9.84 Å². The molecule has 76 valence electrons. The Kier molecular flexibility index (Phi) is 3.65. The van der Waals surface area contributed by atoms with E-state index < -0.39 is 5.97 Å². The molecule has 1 aromatic carbocycles. The lowest BCUT2D eigenvalue weighted by molar-refractivity contribution is 0.0688. The molecule has 3 nitrogen and oxygen atoms in total. The number of rotatable bonds is 4. The number of aromatic carboxylic acids is 1. The molecule has 0 radical (unpaired) electrons. The first-order valence-corrected chi connectivity index (χ1v) is 4.56. The first-order chi connectivity index (χ1) is 6.66. The largest absolute Gasteiger partial charge is 0.478 e. The van der Waals surface area contributed by atoms with Gasteiger partial charge in [-0.1, -0.05) is 12.1 Å². The zero-order valence-corrected chi connectivity index (χ0v) is 8.41. The summed E-state index contributed by atoms with van der Waals surface area (Å²) in [7, 11) is 0. The van der Waals surface area contributed by atoms with E-state index >= 15 is 0 Å². The highest BCUT2D eigenvalue weighted by molar-refractivity contribution is 5.89. The van der Waals surface area contributed by atoms with Gasteiger partial charge in [0.25, 0.3) is 0 Å². The highest BCUT2D eigenvalue weighted by atomic mass is 16.5. The van der Waals surface area contributed by atoms with Crippen LogP contribution in [0.5, 0.6) is 0 Å². The molecular weight excluding hydrogens is 180 g/mol. The molecule has 0 saturated carbocycles. The van der Waals surface area contributed by atoms with Gasteiger partial charge >= 0.3 is 5.97 Å².